The van der Waals surface area contributed by atoms with Gasteiger partial charge in [-0.3, -0.25) is 0 Å². The van der Waals surface area contributed by atoms with E-state index >= 15 is 0 Å². The van der Waals surface area contributed by atoms with Crippen LogP contribution in [0.1, 0.15) is 13.3 Å². The summed E-state index contributed by atoms with van der Waals surface area (Å²) in [5.74, 6) is 0. The van der Waals surface area contributed by atoms with Crippen LogP contribution in [0.2, 0.25) is 0 Å². The van der Waals surface area contributed by atoms with Gasteiger partial charge in [0.25, 0.3) is 0 Å². The van der Waals surface area contributed by atoms with Gasteiger partial charge in [-0.25, -0.2) is 0 Å². The van der Waals surface area contributed by atoms with E-state index in [1.807, 2.05) is 25.2 Å². The Morgan fingerprint density at radius 2 is 1.69 bits per heavy atom. The van der Waals surface area contributed by atoms with Crippen LogP contribution in [-0.2, 0) is 0 Å². The van der Waals surface area contributed by atoms with Gasteiger partial charge in [-0.15, -0.1) is 49.6 Å². The third-order valence-corrected chi connectivity index (χ3v) is 1.43. The molecule has 2 nitrogen and oxygen atoms in total. The molecule has 0 aromatic rings. The molecule has 1 aliphatic rings. The summed E-state index contributed by atoms with van der Waals surface area (Å²) >= 11 is 0. The first-order valence-electron chi connectivity index (χ1n) is 3.04. The summed E-state index contributed by atoms with van der Waals surface area (Å²) in [5, 5.41) is 0. The van der Waals surface area contributed by atoms with Crippen molar-refractivity contribution in [3.8, 4) is 0 Å². The van der Waals surface area contributed by atoms with E-state index in [1.165, 1.54) is 0 Å². The Labute approximate surface area is 104 Å². The minimum Gasteiger partial charge on any atom is -0.399 e. The number of hydrogen-bond acceptors (Lipinski definition) is 2. The Morgan fingerprint density at radius 1 is 1.23 bits per heavy atom. The molecular formula is C7H16Cl4N2. The van der Waals surface area contributed by atoms with Crippen molar-refractivity contribution in [2.45, 2.75) is 18.9 Å². The van der Waals surface area contributed by atoms with E-state index in [0.29, 0.717) is 0 Å². The molecule has 4 N–H and O–H groups in total. The fraction of sp³-hybridized carbons (Fsp3) is 0.429. The Morgan fingerprint density at radius 3 is 1.92 bits per heavy atom. The molecule has 0 saturated heterocycles. The van der Waals surface area contributed by atoms with E-state index in [1.54, 1.807) is 0 Å². The molecule has 0 aromatic heterocycles. The topological polar surface area (TPSA) is 52.0 Å². The first kappa shape index (κ1) is 23.3. The van der Waals surface area contributed by atoms with Crippen molar-refractivity contribution in [1.82, 2.24) is 0 Å². The smallest absolute Gasteiger partial charge is 0.0350 e. The molecule has 1 atom stereocenters. The first-order chi connectivity index (χ1) is 4.10. The number of hydrogen-bond donors (Lipinski definition) is 2. The highest BCUT2D eigenvalue weighted by molar-refractivity contribution is 5.86. The summed E-state index contributed by atoms with van der Waals surface area (Å²) in [6, 6.07) is 0. The number of nitrogens with two attached hydrogens (primary N) is 2. The Hall–Kier alpha value is 0.400. The van der Waals surface area contributed by atoms with Gasteiger partial charge >= 0.3 is 0 Å². The Kier molecular flexibility index (Phi) is 16.1. The van der Waals surface area contributed by atoms with Crippen molar-refractivity contribution < 1.29 is 0 Å². The van der Waals surface area contributed by atoms with E-state index < -0.39 is 0 Å². The van der Waals surface area contributed by atoms with Crippen LogP contribution >= 0.6 is 49.6 Å². The molecular weight excluding hydrogens is 254 g/mol. The quantitative estimate of drug-likeness (QED) is 0.708. The molecule has 0 fully saturated rings. The number of halogens is 4. The second-order valence-corrected chi connectivity index (χ2v) is 2.75. The van der Waals surface area contributed by atoms with Gasteiger partial charge < -0.3 is 11.5 Å². The van der Waals surface area contributed by atoms with Crippen molar-refractivity contribution in [2.24, 2.45) is 11.5 Å². The fourth-order valence-electron chi connectivity index (χ4n) is 0.760. The summed E-state index contributed by atoms with van der Waals surface area (Å²) in [6.45, 7) is 1.98. The van der Waals surface area contributed by atoms with Gasteiger partial charge in [0.15, 0.2) is 0 Å². The summed E-state index contributed by atoms with van der Waals surface area (Å²) < 4.78 is 0. The summed E-state index contributed by atoms with van der Waals surface area (Å²) in [4.78, 5) is 0. The highest BCUT2D eigenvalue weighted by atomic mass is 35.5. The Bertz CT molecular complexity index is 177. The third kappa shape index (κ3) is 8.72. The summed E-state index contributed by atoms with van der Waals surface area (Å²) in [5.41, 5.74) is 11.9. The van der Waals surface area contributed by atoms with Gasteiger partial charge in [0, 0.05) is 11.2 Å². The van der Waals surface area contributed by atoms with Crippen LogP contribution in [0.5, 0.6) is 0 Å². The maximum absolute atomic E-state index is 5.75. The van der Waals surface area contributed by atoms with Crippen LogP contribution < -0.4 is 11.5 Å². The average molecular weight is 270 g/mol. The fourth-order valence-corrected chi connectivity index (χ4v) is 0.760. The molecule has 13 heavy (non-hydrogen) atoms. The molecule has 0 bridgehead atoms. The predicted molar refractivity (Wildman–Crippen MR) is 67.6 cm³/mol. The van der Waals surface area contributed by atoms with Gasteiger partial charge in [-0.1, -0.05) is 12.2 Å². The number of allylic oxidation sites excluding steroid dienone is 1. The van der Waals surface area contributed by atoms with Crippen LogP contribution in [-0.4, -0.2) is 5.54 Å². The van der Waals surface area contributed by atoms with E-state index in [9.17, 15) is 0 Å². The molecule has 0 amide bonds. The molecule has 1 aliphatic carbocycles. The highest BCUT2D eigenvalue weighted by Crippen LogP contribution is 2.14. The second-order valence-electron chi connectivity index (χ2n) is 2.75. The predicted octanol–water partition coefficient (Wildman–Crippen LogP) is 2.19. The molecule has 6 heteroatoms. The van der Waals surface area contributed by atoms with Crippen LogP contribution in [0, 0.1) is 0 Å². The average Bonchev–Trinajstić information content (AvgIpc) is 1.78. The van der Waals surface area contributed by atoms with Gasteiger partial charge in [0.1, 0.15) is 0 Å². The van der Waals surface area contributed by atoms with Crippen LogP contribution in [0.4, 0.5) is 0 Å². The van der Waals surface area contributed by atoms with E-state index in [2.05, 4.69) is 0 Å². The lowest BCUT2D eigenvalue weighted by Gasteiger charge is -2.21. The summed E-state index contributed by atoms with van der Waals surface area (Å²) in [6.07, 6.45) is 6.57. The molecule has 0 aromatic carbocycles. The lowest BCUT2D eigenvalue weighted by molar-refractivity contribution is 0.586. The SMILES string of the molecule is CC1(N)C=CC(N)=CC1.Cl.Cl.Cl.Cl. The molecule has 1 unspecified atom stereocenters. The molecule has 0 radical (unpaired) electrons. The summed E-state index contributed by atoms with van der Waals surface area (Å²) in [7, 11) is 0. The maximum Gasteiger partial charge on any atom is 0.0350 e. The number of rotatable bonds is 0. The van der Waals surface area contributed by atoms with E-state index in [-0.39, 0.29) is 55.2 Å². The third-order valence-electron chi connectivity index (χ3n) is 1.43. The van der Waals surface area contributed by atoms with Crippen LogP contribution in [0.25, 0.3) is 0 Å². The first-order valence-corrected chi connectivity index (χ1v) is 3.04. The van der Waals surface area contributed by atoms with E-state index in [4.69, 9.17) is 11.5 Å². The molecule has 0 aliphatic heterocycles. The van der Waals surface area contributed by atoms with Gasteiger partial charge in [-0.05, 0) is 19.4 Å². The zero-order chi connectivity index (χ0) is 6.91. The van der Waals surface area contributed by atoms with Crippen LogP contribution in [0.3, 0.4) is 0 Å². The van der Waals surface area contributed by atoms with Crippen molar-refractivity contribution in [1.29, 1.82) is 0 Å². The highest BCUT2D eigenvalue weighted by Gasteiger charge is 2.14. The molecule has 1 rings (SSSR count). The lowest BCUT2D eigenvalue weighted by Crippen LogP contribution is -2.34. The van der Waals surface area contributed by atoms with Crippen LogP contribution in [0.15, 0.2) is 23.9 Å². The second kappa shape index (κ2) is 8.97. The largest absolute Gasteiger partial charge is 0.399 e. The lowest BCUT2D eigenvalue weighted by atomic mass is 9.94. The molecule has 82 valence electrons. The standard InChI is InChI=1S/C7H12N2.4ClH/c1-7(9)4-2-6(8)3-5-7;;;;/h2-4H,5,8-9H2,1H3;4*1H. The normalized spacial score (nSPS) is 23.7. The zero-order valence-corrected chi connectivity index (χ0v) is 10.5. The van der Waals surface area contributed by atoms with Crippen molar-refractivity contribution in [3.05, 3.63) is 23.9 Å². The monoisotopic (exact) mass is 268 g/mol. The molecule has 0 heterocycles. The molecule has 0 spiro atoms. The van der Waals surface area contributed by atoms with Crippen molar-refractivity contribution in [2.75, 3.05) is 0 Å². The van der Waals surface area contributed by atoms with Crippen molar-refractivity contribution in [3.63, 3.8) is 0 Å². The van der Waals surface area contributed by atoms with Crippen molar-refractivity contribution >= 4 is 49.6 Å². The van der Waals surface area contributed by atoms with E-state index in [0.717, 1.165) is 12.1 Å². The zero-order valence-electron chi connectivity index (χ0n) is 7.23. The Balaban J connectivity index is -0.000000101. The van der Waals surface area contributed by atoms with Gasteiger partial charge in [-0.2, -0.15) is 0 Å². The van der Waals surface area contributed by atoms with Gasteiger partial charge in [0.05, 0.1) is 0 Å². The maximum atomic E-state index is 5.75. The minimum absolute atomic E-state index is 0. The minimum atomic E-state index is -0.178. The van der Waals surface area contributed by atoms with Gasteiger partial charge in [0.2, 0.25) is 0 Å². The molecule has 0 saturated carbocycles.